The van der Waals surface area contributed by atoms with E-state index < -0.39 is 11.7 Å². The summed E-state index contributed by atoms with van der Waals surface area (Å²) in [5.74, 6) is 0. The molecule has 6 heteroatoms. The van der Waals surface area contributed by atoms with Gasteiger partial charge in [-0.2, -0.15) is 0 Å². The Bertz CT molecular complexity index is 343. The number of halogens is 1. The molecule has 0 bridgehead atoms. The van der Waals surface area contributed by atoms with Crippen LogP contribution in [-0.4, -0.2) is 30.3 Å². The number of rotatable bonds is 3. The van der Waals surface area contributed by atoms with Gasteiger partial charge in [-0.3, -0.25) is 0 Å². The molecule has 0 aromatic rings. The molecule has 0 radical (unpaired) electrons. The van der Waals surface area contributed by atoms with E-state index in [-0.39, 0.29) is 5.29 Å². The molecule has 0 saturated heterocycles. The van der Waals surface area contributed by atoms with Crippen LogP contribution in [0.15, 0.2) is 21.8 Å². The molecule has 0 fully saturated rings. The standard InChI is InChI=1S/C11H18ClN3O2/c1-8(6-14-9(12)13-5)7-15-10(16)17-11(2,3)4/h6H,5,7H2,1-4H3,(H,15,16)/b8-6+,14-9?. The molecule has 0 saturated carbocycles. The van der Waals surface area contributed by atoms with E-state index in [1.807, 2.05) is 0 Å². The maximum Gasteiger partial charge on any atom is 0.407 e. The van der Waals surface area contributed by atoms with Gasteiger partial charge in [0.2, 0.25) is 5.29 Å². The maximum absolute atomic E-state index is 11.3. The lowest BCUT2D eigenvalue weighted by molar-refractivity contribution is 0.0532. The minimum atomic E-state index is -0.504. The Labute approximate surface area is 107 Å². The van der Waals surface area contributed by atoms with Gasteiger partial charge in [0.25, 0.3) is 0 Å². The van der Waals surface area contributed by atoms with Crippen molar-refractivity contribution in [2.24, 2.45) is 9.98 Å². The number of alkyl carbamates (subject to hydrolysis) is 1. The van der Waals surface area contributed by atoms with E-state index in [9.17, 15) is 4.79 Å². The highest BCUT2D eigenvalue weighted by Gasteiger charge is 2.15. The van der Waals surface area contributed by atoms with Crippen molar-refractivity contribution in [2.45, 2.75) is 33.3 Å². The van der Waals surface area contributed by atoms with Gasteiger partial charge in [-0.05, 0) is 51.6 Å². The molecule has 0 spiro atoms. The van der Waals surface area contributed by atoms with Gasteiger partial charge in [-0.1, -0.05) is 0 Å². The third-order valence-electron chi connectivity index (χ3n) is 1.43. The van der Waals surface area contributed by atoms with Gasteiger partial charge >= 0.3 is 6.09 Å². The van der Waals surface area contributed by atoms with Crippen LogP contribution in [0.2, 0.25) is 0 Å². The first-order valence-electron chi connectivity index (χ1n) is 5.07. The zero-order valence-electron chi connectivity index (χ0n) is 10.6. The summed E-state index contributed by atoms with van der Waals surface area (Å²) >= 11 is 5.52. The van der Waals surface area contributed by atoms with E-state index in [2.05, 4.69) is 22.0 Å². The zero-order chi connectivity index (χ0) is 13.5. The van der Waals surface area contributed by atoms with Crippen LogP contribution in [0, 0.1) is 0 Å². The van der Waals surface area contributed by atoms with Gasteiger partial charge in [0.15, 0.2) is 0 Å². The van der Waals surface area contributed by atoms with E-state index in [4.69, 9.17) is 16.3 Å². The highest BCUT2D eigenvalue weighted by Crippen LogP contribution is 2.06. The van der Waals surface area contributed by atoms with E-state index in [0.29, 0.717) is 6.54 Å². The molecule has 0 atom stereocenters. The van der Waals surface area contributed by atoms with E-state index in [0.717, 1.165) is 5.57 Å². The van der Waals surface area contributed by atoms with Crippen LogP contribution in [-0.2, 0) is 4.74 Å². The van der Waals surface area contributed by atoms with Crippen molar-refractivity contribution < 1.29 is 9.53 Å². The predicted molar refractivity (Wildman–Crippen MR) is 70.8 cm³/mol. The third kappa shape index (κ3) is 9.56. The lowest BCUT2D eigenvalue weighted by Gasteiger charge is -2.19. The monoisotopic (exact) mass is 259 g/mol. The Morgan fingerprint density at radius 3 is 2.59 bits per heavy atom. The summed E-state index contributed by atoms with van der Waals surface area (Å²) in [5.41, 5.74) is 0.313. The summed E-state index contributed by atoms with van der Waals surface area (Å²) in [6.45, 7) is 10.8. The van der Waals surface area contributed by atoms with Crippen molar-refractivity contribution in [3.8, 4) is 0 Å². The van der Waals surface area contributed by atoms with Crippen LogP contribution in [0.1, 0.15) is 27.7 Å². The normalized spacial score (nSPS) is 13.2. The van der Waals surface area contributed by atoms with Gasteiger partial charge in [0.1, 0.15) is 5.60 Å². The molecular formula is C11H18ClN3O2. The zero-order valence-corrected chi connectivity index (χ0v) is 11.3. The molecule has 17 heavy (non-hydrogen) atoms. The Morgan fingerprint density at radius 1 is 1.53 bits per heavy atom. The second kappa shape index (κ2) is 7.06. The topological polar surface area (TPSA) is 63.0 Å². The average molecular weight is 260 g/mol. The molecule has 5 nitrogen and oxygen atoms in total. The van der Waals surface area contributed by atoms with Crippen LogP contribution in [0.3, 0.4) is 0 Å². The van der Waals surface area contributed by atoms with Crippen LogP contribution in [0.4, 0.5) is 4.79 Å². The first-order chi connectivity index (χ1) is 7.74. The molecule has 96 valence electrons. The fourth-order valence-electron chi connectivity index (χ4n) is 0.776. The first kappa shape index (κ1) is 15.6. The Balaban J connectivity index is 4.12. The Kier molecular flexibility index (Phi) is 6.50. The molecule has 0 aromatic carbocycles. The summed E-state index contributed by atoms with van der Waals surface area (Å²) in [6, 6.07) is 0. The summed E-state index contributed by atoms with van der Waals surface area (Å²) in [6.07, 6.45) is 1.04. The summed E-state index contributed by atoms with van der Waals surface area (Å²) in [4.78, 5) is 18.5. The molecule has 0 unspecified atom stereocenters. The molecule has 0 rings (SSSR count). The van der Waals surface area contributed by atoms with Crippen molar-refractivity contribution in [1.29, 1.82) is 0 Å². The smallest absolute Gasteiger partial charge is 0.407 e. The Hall–Kier alpha value is -1.36. The lowest BCUT2D eigenvalue weighted by Crippen LogP contribution is -2.33. The average Bonchev–Trinajstić information content (AvgIpc) is 2.20. The van der Waals surface area contributed by atoms with Gasteiger partial charge in [0, 0.05) is 12.7 Å². The lowest BCUT2D eigenvalue weighted by atomic mass is 10.2. The summed E-state index contributed by atoms with van der Waals surface area (Å²) in [7, 11) is 0. The van der Waals surface area contributed by atoms with Crippen molar-refractivity contribution in [3.05, 3.63) is 11.8 Å². The number of carbonyl (C=O) groups is 1. The number of amidine groups is 1. The number of nitrogens with zero attached hydrogens (tertiary/aromatic N) is 2. The molecule has 0 heterocycles. The minimum absolute atomic E-state index is 0.0571. The number of nitrogens with one attached hydrogen (secondary N) is 1. The molecular weight excluding hydrogens is 242 g/mol. The van der Waals surface area contributed by atoms with Crippen LogP contribution in [0.5, 0.6) is 0 Å². The SMILES string of the molecule is C=NC(Cl)=N/C=C(\C)CNC(=O)OC(C)(C)C. The van der Waals surface area contributed by atoms with Crippen LogP contribution < -0.4 is 5.32 Å². The molecule has 0 aliphatic heterocycles. The molecule has 1 amide bonds. The Morgan fingerprint density at radius 2 is 2.12 bits per heavy atom. The highest BCUT2D eigenvalue weighted by atomic mass is 35.5. The molecule has 0 aromatic heterocycles. The van der Waals surface area contributed by atoms with Gasteiger partial charge in [-0.25, -0.2) is 14.8 Å². The second-order valence-electron chi connectivity index (χ2n) is 4.39. The fraction of sp³-hybridized carbons (Fsp3) is 0.545. The van der Waals surface area contributed by atoms with E-state index >= 15 is 0 Å². The number of ether oxygens (including phenoxy) is 1. The number of hydrogen-bond acceptors (Lipinski definition) is 3. The van der Waals surface area contributed by atoms with Gasteiger partial charge < -0.3 is 10.1 Å². The second-order valence-corrected chi connectivity index (χ2v) is 4.73. The van der Waals surface area contributed by atoms with Crippen molar-refractivity contribution in [3.63, 3.8) is 0 Å². The summed E-state index contributed by atoms with van der Waals surface area (Å²) in [5, 5.41) is 2.65. The third-order valence-corrected chi connectivity index (χ3v) is 1.65. The molecule has 1 N–H and O–H groups in total. The quantitative estimate of drug-likeness (QED) is 0.481. The van der Waals surface area contributed by atoms with Crippen molar-refractivity contribution in [2.75, 3.05) is 6.54 Å². The number of amides is 1. The fourth-order valence-corrected chi connectivity index (χ4v) is 0.824. The van der Waals surface area contributed by atoms with E-state index in [1.54, 1.807) is 27.7 Å². The van der Waals surface area contributed by atoms with Crippen LogP contribution >= 0.6 is 11.6 Å². The van der Waals surface area contributed by atoms with Gasteiger partial charge in [-0.15, -0.1) is 0 Å². The van der Waals surface area contributed by atoms with Crippen molar-refractivity contribution >= 4 is 29.7 Å². The van der Waals surface area contributed by atoms with Gasteiger partial charge in [0.05, 0.1) is 0 Å². The molecule has 0 aliphatic carbocycles. The highest BCUT2D eigenvalue weighted by molar-refractivity contribution is 6.65. The maximum atomic E-state index is 11.3. The van der Waals surface area contributed by atoms with E-state index in [1.165, 1.54) is 6.20 Å². The number of hydrogen-bond donors (Lipinski definition) is 1. The number of carbonyl (C=O) groups excluding carboxylic acids is 1. The minimum Gasteiger partial charge on any atom is -0.444 e. The van der Waals surface area contributed by atoms with Crippen molar-refractivity contribution in [1.82, 2.24) is 5.32 Å². The van der Waals surface area contributed by atoms with Crippen LogP contribution in [0.25, 0.3) is 0 Å². The largest absolute Gasteiger partial charge is 0.444 e. The number of aliphatic imine (C=N–C) groups is 2. The molecule has 0 aliphatic rings. The first-order valence-corrected chi connectivity index (χ1v) is 5.45. The predicted octanol–water partition coefficient (Wildman–Crippen LogP) is 2.71. The summed E-state index contributed by atoms with van der Waals surface area (Å²) < 4.78 is 5.07.